The van der Waals surface area contributed by atoms with Gasteiger partial charge >= 0.3 is 0 Å². The SMILES string of the molecule is O=C(CC1CSCCN1)Nc1cccc(C2OCCO2)c1. The van der Waals surface area contributed by atoms with Gasteiger partial charge in [-0.15, -0.1) is 0 Å². The predicted molar refractivity (Wildman–Crippen MR) is 83.4 cm³/mol. The van der Waals surface area contributed by atoms with Crippen LogP contribution in [-0.2, 0) is 14.3 Å². The summed E-state index contributed by atoms with van der Waals surface area (Å²) in [5, 5.41) is 6.32. The number of carbonyl (C=O) groups excluding carboxylic acids is 1. The first-order chi connectivity index (χ1) is 10.3. The molecule has 5 nitrogen and oxygen atoms in total. The standard InChI is InChI=1S/C15H20N2O3S/c18-14(9-13-10-21-7-4-16-13)17-12-3-1-2-11(8-12)15-19-5-6-20-15/h1-3,8,13,15-16H,4-7,9-10H2,(H,17,18). The molecule has 0 bridgehead atoms. The van der Waals surface area contributed by atoms with E-state index in [0.717, 1.165) is 29.3 Å². The molecular weight excluding hydrogens is 288 g/mol. The van der Waals surface area contributed by atoms with E-state index < -0.39 is 0 Å². The van der Waals surface area contributed by atoms with E-state index in [1.807, 2.05) is 36.0 Å². The van der Waals surface area contributed by atoms with Gasteiger partial charge in [-0.3, -0.25) is 4.79 Å². The lowest BCUT2D eigenvalue weighted by molar-refractivity contribution is -0.116. The number of hydrogen-bond acceptors (Lipinski definition) is 5. The van der Waals surface area contributed by atoms with Crippen molar-refractivity contribution in [3.05, 3.63) is 29.8 Å². The minimum absolute atomic E-state index is 0.0420. The summed E-state index contributed by atoms with van der Waals surface area (Å²) < 4.78 is 10.9. The van der Waals surface area contributed by atoms with Crippen LogP contribution in [0.5, 0.6) is 0 Å². The average molecular weight is 308 g/mol. The van der Waals surface area contributed by atoms with Gasteiger partial charge in [0.05, 0.1) is 13.2 Å². The Kier molecular flexibility index (Phi) is 5.13. The third-order valence-electron chi connectivity index (χ3n) is 3.49. The Morgan fingerprint density at radius 1 is 1.38 bits per heavy atom. The Bertz CT molecular complexity index is 486. The van der Waals surface area contributed by atoms with Crippen molar-refractivity contribution in [2.45, 2.75) is 18.8 Å². The maximum atomic E-state index is 12.1. The molecule has 2 fully saturated rings. The molecule has 1 aromatic carbocycles. The molecule has 2 aliphatic heterocycles. The number of anilines is 1. The molecular formula is C15H20N2O3S. The summed E-state index contributed by atoms with van der Waals surface area (Å²) in [6.45, 7) is 2.22. The molecule has 0 aromatic heterocycles. The van der Waals surface area contributed by atoms with E-state index in [2.05, 4.69) is 10.6 Å². The number of amides is 1. The summed E-state index contributed by atoms with van der Waals surface area (Å²) in [5.74, 6) is 2.17. The minimum atomic E-state index is -0.307. The van der Waals surface area contributed by atoms with Crippen molar-refractivity contribution >= 4 is 23.4 Å². The molecule has 2 heterocycles. The Morgan fingerprint density at radius 3 is 3.00 bits per heavy atom. The summed E-state index contributed by atoms with van der Waals surface area (Å²) in [7, 11) is 0. The topological polar surface area (TPSA) is 59.6 Å². The fraction of sp³-hybridized carbons (Fsp3) is 0.533. The maximum Gasteiger partial charge on any atom is 0.225 e. The summed E-state index contributed by atoms with van der Waals surface area (Å²) in [4.78, 5) is 12.1. The van der Waals surface area contributed by atoms with Crippen molar-refractivity contribution in [3.63, 3.8) is 0 Å². The highest BCUT2D eigenvalue weighted by Gasteiger charge is 2.19. The Hall–Kier alpha value is -1.08. The number of ether oxygens (including phenoxy) is 2. The fourth-order valence-electron chi connectivity index (χ4n) is 2.50. The normalized spacial score (nSPS) is 23.1. The van der Waals surface area contributed by atoms with Crippen LogP contribution in [-0.4, -0.2) is 43.2 Å². The van der Waals surface area contributed by atoms with Crippen molar-refractivity contribution < 1.29 is 14.3 Å². The van der Waals surface area contributed by atoms with Crippen molar-refractivity contribution in [3.8, 4) is 0 Å². The zero-order valence-electron chi connectivity index (χ0n) is 11.8. The second kappa shape index (κ2) is 7.26. The highest BCUT2D eigenvalue weighted by molar-refractivity contribution is 7.99. The number of carbonyl (C=O) groups is 1. The monoisotopic (exact) mass is 308 g/mol. The molecule has 0 aliphatic carbocycles. The first-order valence-electron chi connectivity index (χ1n) is 7.25. The highest BCUT2D eigenvalue weighted by atomic mass is 32.2. The zero-order chi connectivity index (χ0) is 14.5. The van der Waals surface area contributed by atoms with E-state index in [4.69, 9.17) is 9.47 Å². The van der Waals surface area contributed by atoms with Gasteiger partial charge in [-0.1, -0.05) is 12.1 Å². The quantitative estimate of drug-likeness (QED) is 0.888. The smallest absolute Gasteiger partial charge is 0.225 e. The molecule has 1 amide bonds. The second-order valence-corrected chi connectivity index (χ2v) is 6.33. The summed E-state index contributed by atoms with van der Waals surface area (Å²) in [5.41, 5.74) is 1.73. The number of hydrogen-bond donors (Lipinski definition) is 2. The summed E-state index contributed by atoms with van der Waals surface area (Å²) in [6.07, 6.45) is 0.200. The van der Waals surface area contributed by atoms with E-state index >= 15 is 0 Å². The first kappa shape index (κ1) is 14.8. The Labute approximate surface area is 128 Å². The van der Waals surface area contributed by atoms with Crippen LogP contribution in [0.1, 0.15) is 18.3 Å². The lowest BCUT2D eigenvalue weighted by Gasteiger charge is -2.22. The zero-order valence-corrected chi connectivity index (χ0v) is 12.7. The lowest BCUT2D eigenvalue weighted by atomic mass is 10.1. The number of thioether (sulfide) groups is 1. The van der Waals surface area contributed by atoms with Crippen LogP contribution in [0.25, 0.3) is 0 Å². The van der Waals surface area contributed by atoms with Crippen LogP contribution < -0.4 is 10.6 Å². The molecule has 0 saturated carbocycles. The molecule has 2 aliphatic rings. The third-order valence-corrected chi connectivity index (χ3v) is 4.63. The molecule has 2 saturated heterocycles. The molecule has 0 spiro atoms. The van der Waals surface area contributed by atoms with Gasteiger partial charge in [-0.2, -0.15) is 11.8 Å². The second-order valence-electron chi connectivity index (χ2n) is 5.18. The van der Waals surface area contributed by atoms with E-state index in [1.165, 1.54) is 0 Å². The van der Waals surface area contributed by atoms with Gasteiger partial charge in [-0.25, -0.2) is 0 Å². The summed E-state index contributed by atoms with van der Waals surface area (Å²) in [6, 6.07) is 7.93. The summed E-state index contributed by atoms with van der Waals surface area (Å²) >= 11 is 1.89. The van der Waals surface area contributed by atoms with Gasteiger partial charge in [0.1, 0.15) is 0 Å². The maximum absolute atomic E-state index is 12.1. The third kappa shape index (κ3) is 4.20. The molecule has 1 atom stereocenters. The molecule has 0 radical (unpaired) electrons. The van der Waals surface area contributed by atoms with Crippen LogP contribution in [0.3, 0.4) is 0 Å². The Morgan fingerprint density at radius 2 is 2.24 bits per heavy atom. The largest absolute Gasteiger partial charge is 0.346 e. The van der Waals surface area contributed by atoms with Gasteiger partial charge in [0.15, 0.2) is 6.29 Å². The van der Waals surface area contributed by atoms with Gasteiger partial charge in [-0.05, 0) is 12.1 Å². The highest BCUT2D eigenvalue weighted by Crippen LogP contribution is 2.25. The molecule has 1 aromatic rings. The molecule has 1 unspecified atom stereocenters. The molecule has 114 valence electrons. The van der Waals surface area contributed by atoms with Crippen LogP contribution in [0.4, 0.5) is 5.69 Å². The van der Waals surface area contributed by atoms with E-state index in [1.54, 1.807) is 0 Å². The van der Waals surface area contributed by atoms with Crippen molar-refractivity contribution in [2.75, 3.05) is 36.6 Å². The molecule has 2 N–H and O–H groups in total. The van der Waals surface area contributed by atoms with Gasteiger partial charge in [0.25, 0.3) is 0 Å². The van der Waals surface area contributed by atoms with Crippen LogP contribution >= 0.6 is 11.8 Å². The first-order valence-corrected chi connectivity index (χ1v) is 8.41. The van der Waals surface area contributed by atoms with Crippen molar-refractivity contribution in [1.29, 1.82) is 0 Å². The van der Waals surface area contributed by atoms with Crippen LogP contribution in [0, 0.1) is 0 Å². The van der Waals surface area contributed by atoms with Crippen molar-refractivity contribution in [2.24, 2.45) is 0 Å². The van der Waals surface area contributed by atoms with Crippen molar-refractivity contribution in [1.82, 2.24) is 5.32 Å². The molecule has 21 heavy (non-hydrogen) atoms. The number of rotatable bonds is 4. The average Bonchev–Trinajstić information content (AvgIpc) is 3.02. The molecule has 3 rings (SSSR count). The van der Waals surface area contributed by atoms with Gasteiger partial charge < -0.3 is 20.1 Å². The van der Waals surface area contributed by atoms with Gasteiger partial charge in [0.2, 0.25) is 5.91 Å². The van der Waals surface area contributed by atoms with Crippen LogP contribution in [0.2, 0.25) is 0 Å². The fourth-order valence-corrected chi connectivity index (χ4v) is 3.45. The number of nitrogens with one attached hydrogen (secondary N) is 2. The molecule has 6 heteroatoms. The van der Waals surface area contributed by atoms with E-state index in [0.29, 0.717) is 19.6 Å². The number of benzene rings is 1. The van der Waals surface area contributed by atoms with Gasteiger partial charge in [0, 0.05) is 41.8 Å². The van der Waals surface area contributed by atoms with E-state index in [-0.39, 0.29) is 18.2 Å². The van der Waals surface area contributed by atoms with E-state index in [9.17, 15) is 4.79 Å². The predicted octanol–water partition coefficient (Wildman–Crippen LogP) is 1.77. The lowest BCUT2D eigenvalue weighted by Crippen LogP contribution is -2.39. The minimum Gasteiger partial charge on any atom is -0.346 e. The van der Waals surface area contributed by atoms with Crippen LogP contribution in [0.15, 0.2) is 24.3 Å². The Balaban J connectivity index is 1.56.